The summed E-state index contributed by atoms with van der Waals surface area (Å²) in [5.74, 6) is -0.500. The Morgan fingerprint density at radius 2 is 1.92 bits per heavy atom. The van der Waals surface area contributed by atoms with Crippen LogP contribution < -0.4 is 4.90 Å². The molecule has 0 aliphatic carbocycles. The number of nitrogens with zero attached hydrogens (tertiary/aromatic N) is 3. The molecule has 0 spiro atoms. The van der Waals surface area contributed by atoms with Crippen molar-refractivity contribution in [1.82, 2.24) is 0 Å². The molecule has 2 aromatic rings. The van der Waals surface area contributed by atoms with Gasteiger partial charge in [-0.25, -0.2) is 4.39 Å². The highest BCUT2D eigenvalue weighted by molar-refractivity contribution is 5.90. The van der Waals surface area contributed by atoms with E-state index in [2.05, 4.69) is 0 Å². The highest BCUT2D eigenvalue weighted by Gasteiger charge is 2.21. The maximum atomic E-state index is 13.9. The van der Waals surface area contributed by atoms with E-state index in [4.69, 9.17) is 0 Å². The van der Waals surface area contributed by atoms with Crippen LogP contribution in [0.15, 0.2) is 42.5 Å². The summed E-state index contributed by atoms with van der Waals surface area (Å²) in [6.45, 7) is 1.60. The summed E-state index contributed by atoms with van der Waals surface area (Å²) in [6.07, 6.45) is 4.65. The Balaban J connectivity index is 2.00. The van der Waals surface area contributed by atoms with Gasteiger partial charge in [0, 0.05) is 24.7 Å². The summed E-state index contributed by atoms with van der Waals surface area (Å²) in [4.78, 5) is 13.1. The van der Waals surface area contributed by atoms with Gasteiger partial charge in [0.2, 0.25) is 0 Å². The van der Waals surface area contributed by atoms with Gasteiger partial charge in [0.1, 0.15) is 11.5 Å². The topological polar surface area (TPSA) is 70.2 Å². The standard InChI is InChI=1S/C20H18FN3O2/c21-18-7-3-2-6-17(18)16(14-22)12-15-8-9-19(20(13-15)24(25)26)23-10-4-1-5-11-23/h2-3,6-9,12-13H,1,4-5,10-11H2. The Morgan fingerprint density at radius 1 is 1.19 bits per heavy atom. The van der Waals surface area contributed by atoms with E-state index < -0.39 is 10.7 Å². The van der Waals surface area contributed by atoms with Crippen LogP contribution in [0, 0.1) is 27.3 Å². The summed E-state index contributed by atoms with van der Waals surface area (Å²) in [5.41, 5.74) is 1.40. The van der Waals surface area contributed by atoms with Gasteiger partial charge in [-0.2, -0.15) is 5.26 Å². The molecule has 0 aromatic heterocycles. The molecule has 0 saturated carbocycles. The van der Waals surface area contributed by atoms with Crippen molar-refractivity contribution >= 4 is 23.0 Å². The van der Waals surface area contributed by atoms with Crippen molar-refractivity contribution in [3.05, 3.63) is 69.5 Å². The largest absolute Gasteiger partial charge is 0.366 e. The molecule has 1 saturated heterocycles. The second kappa shape index (κ2) is 7.79. The number of nitriles is 1. The van der Waals surface area contributed by atoms with Crippen LogP contribution in [0.4, 0.5) is 15.8 Å². The van der Waals surface area contributed by atoms with Crippen LogP contribution in [0.3, 0.4) is 0 Å². The van der Waals surface area contributed by atoms with Gasteiger partial charge in [0.05, 0.1) is 16.6 Å². The molecule has 6 heteroatoms. The number of rotatable bonds is 4. The van der Waals surface area contributed by atoms with E-state index in [0.717, 1.165) is 32.4 Å². The Morgan fingerprint density at radius 3 is 2.58 bits per heavy atom. The van der Waals surface area contributed by atoms with E-state index >= 15 is 0 Å². The molecule has 1 heterocycles. The number of benzene rings is 2. The van der Waals surface area contributed by atoms with Crippen molar-refractivity contribution in [2.24, 2.45) is 0 Å². The minimum atomic E-state index is -0.500. The van der Waals surface area contributed by atoms with Crippen LogP contribution in [0.25, 0.3) is 11.6 Å². The fourth-order valence-electron chi connectivity index (χ4n) is 3.20. The van der Waals surface area contributed by atoms with Crippen LogP contribution in [0.1, 0.15) is 30.4 Å². The highest BCUT2D eigenvalue weighted by Crippen LogP contribution is 2.32. The van der Waals surface area contributed by atoms with Gasteiger partial charge in [-0.1, -0.05) is 24.3 Å². The predicted octanol–water partition coefficient (Wildman–Crippen LogP) is 4.79. The fourth-order valence-corrected chi connectivity index (χ4v) is 3.20. The van der Waals surface area contributed by atoms with Gasteiger partial charge in [0.25, 0.3) is 5.69 Å². The zero-order chi connectivity index (χ0) is 18.5. The second-order valence-electron chi connectivity index (χ2n) is 6.20. The number of allylic oxidation sites excluding steroid dienone is 1. The molecule has 1 aliphatic rings. The molecule has 5 nitrogen and oxygen atoms in total. The molecular formula is C20H18FN3O2. The summed E-state index contributed by atoms with van der Waals surface area (Å²) in [7, 11) is 0. The Bertz CT molecular complexity index is 896. The quantitative estimate of drug-likeness (QED) is 0.344. The molecule has 3 rings (SSSR count). The molecule has 0 atom stereocenters. The SMILES string of the molecule is N#CC(=Cc1ccc(N2CCCCC2)c([N+](=O)[O-])c1)c1ccccc1F. The maximum absolute atomic E-state index is 13.9. The Kier molecular flexibility index (Phi) is 5.28. The molecule has 132 valence electrons. The lowest BCUT2D eigenvalue weighted by molar-refractivity contribution is -0.384. The first kappa shape index (κ1) is 17.6. The van der Waals surface area contributed by atoms with Gasteiger partial charge in [-0.05, 0) is 43.0 Å². The van der Waals surface area contributed by atoms with Gasteiger partial charge in [0.15, 0.2) is 0 Å². The van der Waals surface area contributed by atoms with E-state index in [1.807, 2.05) is 11.0 Å². The monoisotopic (exact) mass is 351 g/mol. The highest BCUT2D eigenvalue weighted by atomic mass is 19.1. The number of anilines is 1. The lowest BCUT2D eigenvalue weighted by Gasteiger charge is -2.28. The summed E-state index contributed by atoms with van der Waals surface area (Å²) in [6, 6.07) is 12.9. The third-order valence-corrected chi connectivity index (χ3v) is 4.49. The van der Waals surface area contributed by atoms with Crippen LogP contribution in [0.2, 0.25) is 0 Å². The van der Waals surface area contributed by atoms with Crippen molar-refractivity contribution < 1.29 is 9.31 Å². The van der Waals surface area contributed by atoms with E-state index in [0.29, 0.717) is 11.3 Å². The molecule has 0 unspecified atom stereocenters. The van der Waals surface area contributed by atoms with Crippen LogP contribution >= 0.6 is 0 Å². The molecule has 2 aromatic carbocycles. The molecule has 0 N–H and O–H groups in total. The number of nitro benzene ring substituents is 1. The van der Waals surface area contributed by atoms with Gasteiger partial charge < -0.3 is 4.90 Å². The first-order valence-corrected chi connectivity index (χ1v) is 8.50. The molecule has 0 bridgehead atoms. The average Bonchev–Trinajstić information content (AvgIpc) is 2.67. The number of nitro groups is 1. The lowest BCUT2D eigenvalue weighted by atomic mass is 10.0. The molecule has 0 amide bonds. The van der Waals surface area contributed by atoms with E-state index in [1.54, 1.807) is 24.3 Å². The van der Waals surface area contributed by atoms with Crippen LogP contribution in [-0.2, 0) is 0 Å². The first-order chi connectivity index (χ1) is 12.6. The van der Waals surface area contributed by atoms with Gasteiger partial charge >= 0.3 is 0 Å². The average molecular weight is 351 g/mol. The fraction of sp³-hybridized carbons (Fsp3) is 0.250. The maximum Gasteiger partial charge on any atom is 0.293 e. The third-order valence-electron chi connectivity index (χ3n) is 4.49. The molecular weight excluding hydrogens is 333 g/mol. The predicted molar refractivity (Wildman–Crippen MR) is 99.0 cm³/mol. The number of hydrogen-bond acceptors (Lipinski definition) is 4. The van der Waals surface area contributed by atoms with Crippen molar-refractivity contribution in [3.8, 4) is 6.07 Å². The van der Waals surface area contributed by atoms with Gasteiger partial charge in [-0.15, -0.1) is 0 Å². The smallest absolute Gasteiger partial charge is 0.293 e. The van der Waals surface area contributed by atoms with E-state index in [-0.39, 0.29) is 16.8 Å². The molecule has 26 heavy (non-hydrogen) atoms. The van der Waals surface area contributed by atoms with E-state index in [9.17, 15) is 19.8 Å². The zero-order valence-electron chi connectivity index (χ0n) is 14.2. The molecule has 1 aliphatic heterocycles. The normalized spacial score (nSPS) is 14.8. The van der Waals surface area contributed by atoms with Crippen molar-refractivity contribution in [2.45, 2.75) is 19.3 Å². The van der Waals surface area contributed by atoms with Crippen LogP contribution in [0.5, 0.6) is 0 Å². The second-order valence-corrected chi connectivity index (χ2v) is 6.20. The lowest BCUT2D eigenvalue weighted by Crippen LogP contribution is -2.29. The molecule has 0 radical (unpaired) electrons. The molecule has 1 fully saturated rings. The first-order valence-electron chi connectivity index (χ1n) is 8.50. The Labute approximate surface area is 151 Å². The summed E-state index contributed by atoms with van der Waals surface area (Å²) < 4.78 is 13.9. The zero-order valence-corrected chi connectivity index (χ0v) is 14.2. The van der Waals surface area contributed by atoms with Crippen molar-refractivity contribution in [3.63, 3.8) is 0 Å². The minimum Gasteiger partial charge on any atom is -0.366 e. The van der Waals surface area contributed by atoms with E-state index in [1.165, 1.54) is 24.3 Å². The van der Waals surface area contributed by atoms with Crippen molar-refractivity contribution in [2.75, 3.05) is 18.0 Å². The number of hydrogen-bond donors (Lipinski definition) is 0. The van der Waals surface area contributed by atoms with Crippen molar-refractivity contribution in [1.29, 1.82) is 5.26 Å². The third kappa shape index (κ3) is 3.72. The Hall–Kier alpha value is -3.20. The summed E-state index contributed by atoms with van der Waals surface area (Å²) in [5, 5.41) is 20.9. The number of halogens is 1. The summed E-state index contributed by atoms with van der Waals surface area (Å²) >= 11 is 0. The van der Waals surface area contributed by atoms with Crippen LogP contribution in [-0.4, -0.2) is 18.0 Å². The minimum absolute atomic E-state index is 0.00599. The number of piperidine rings is 1. The van der Waals surface area contributed by atoms with Gasteiger partial charge in [-0.3, -0.25) is 10.1 Å².